The van der Waals surface area contributed by atoms with Crippen molar-refractivity contribution in [3.63, 3.8) is 0 Å². The predicted octanol–water partition coefficient (Wildman–Crippen LogP) is 2.65. The van der Waals surface area contributed by atoms with E-state index in [0.29, 0.717) is 11.8 Å². The zero-order valence-corrected chi connectivity index (χ0v) is 12.4. The van der Waals surface area contributed by atoms with Gasteiger partial charge in [0.05, 0.1) is 0 Å². The molecule has 0 saturated heterocycles. The van der Waals surface area contributed by atoms with Crippen molar-refractivity contribution in [1.82, 2.24) is 9.80 Å². The normalized spacial score (nSPS) is 18.9. The topological polar surface area (TPSA) is 26.7 Å². The molecule has 0 fully saturated rings. The average Bonchev–Trinajstić information content (AvgIpc) is 2.37. The second-order valence-electron chi connectivity index (χ2n) is 5.93. The molecule has 0 radical (unpaired) electrons. The van der Waals surface area contributed by atoms with E-state index in [9.17, 15) is 5.11 Å². The first-order chi connectivity index (χ1) is 9.08. The highest BCUT2D eigenvalue weighted by Gasteiger charge is 2.23. The van der Waals surface area contributed by atoms with E-state index in [-0.39, 0.29) is 0 Å². The Kier molecular flexibility index (Phi) is 4.83. The third kappa shape index (κ3) is 3.71. The van der Waals surface area contributed by atoms with E-state index in [1.54, 1.807) is 0 Å². The zero-order valence-electron chi connectivity index (χ0n) is 12.4. The lowest BCUT2D eigenvalue weighted by molar-refractivity contribution is 0.210. The number of benzene rings is 1. The summed E-state index contributed by atoms with van der Waals surface area (Å²) in [7, 11) is 6.47. The summed E-state index contributed by atoms with van der Waals surface area (Å²) in [5.41, 5.74) is 2.74. The van der Waals surface area contributed by atoms with Crippen LogP contribution in [0.5, 0.6) is 5.75 Å². The van der Waals surface area contributed by atoms with E-state index in [2.05, 4.69) is 37.0 Å². The molecular weight excluding hydrogens is 236 g/mol. The van der Waals surface area contributed by atoms with Crippen LogP contribution in [0.3, 0.4) is 0 Å². The van der Waals surface area contributed by atoms with Crippen LogP contribution in [0, 0.1) is 0 Å². The smallest absolute Gasteiger partial charge is 0.115 e. The summed E-state index contributed by atoms with van der Waals surface area (Å²) in [5, 5.41) is 9.60. The molecule has 3 nitrogen and oxygen atoms in total. The molecule has 1 atom stereocenters. The van der Waals surface area contributed by atoms with E-state index in [4.69, 9.17) is 0 Å². The molecular formula is C16H26N2O. The first kappa shape index (κ1) is 14.4. The van der Waals surface area contributed by atoms with Gasteiger partial charge in [0.25, 0.3) is 0 Å². The van der Waals surface area contributed by atoms with E-state index < -0.39 is 0 Å². The Morgan fingerprint density at radius 2 is 2.00 bits per heavy atom. The van der Waals surface area contributed by atoms with Crippen LogP contribution in [-0.2, 0) is 6.42 Å². The van der Waals surface area contributed by atoms with Gasteiger partial charge in [-0.15, -0.1) is 0 Å². The number of nitrogens with zero attached hydrogens (tertiary/aromatic N) is 2. The molecule has 106 valence electrons. The van der Waals surface area contributed by atoms with Crippen LogP contribution in [0.2, 0.25) is 0 Å². The first-order valence-electron chi connectivity index (χ1n) is 7.24. The Labute approximate surface area is 116 Å². The average molecular weight is 262 g/mol. The van der Waals surface area contributed by atoms with Gasteiger partial charge in [0.1, 0.15) is 5.75 Å². The van der Waals surface area contributed by atoms with Crippen LogP contribution in [0.15, 0.2) is 18.2 Å². The van der Waals surface area contributed by atoms with Crippen LogP contribution in [0.1, 0.15) is 36.4 Å². The van der Waals surface area contributed by atoms with Gasteiger partial charge in [-0.1, -0.05) is 6.07 Å². The lowest BCUT2D eigenvalue weighted by Gasteiger charge is -2.33. The van der Waals surface area contributed by atoms with Gasteiger partial charge in [-0.05, 0) is 83.2 Å². The number of hydrogen-bond donors (Lipinski definition) is 1. The van der Waals surface area contributed by atoms with Crippen molar-refractivity contribution in [3.8, 4) is 5.75 Å². The number of rotatable bonds is 5. The van der Waals surface area contributed by atoms with Crippen molar-refractivity contribution in [2.75, 3.05) is 34.2 Å². The standard InChI is InChI=1S/C16H26N2O/c1-17(2)10-5-11-18(3)16-7-4-6-13-12-14(19)8-9-15(13)16/h8-9,12,16,19H,4-7,10-11H2,1-3H3. The molecule has 0 spiro atoms. The second-order valence-corrected chi connectivity index (χ2v) is 5.93. The fraction of sp³-hybridized carbons (Fsp3) is 0.625. The third-order valence-electron chi connectivity index (χ3n) is 4.06. The third-order valence-corrected chi connectivity index (χ3v) is 4.06. The quantitative estimate of drug-likeness (QED) is 0.883. The predicted molar refractivity (Wildman–Crippen MR) is 79.6 cm³/mol. The SMILES string of the molecule is CN(C)CCCN(C)C1CCCc2cc(O)ccc21. The molecule has 0 heterocycles. The zero-order chi connectivity index (χ0) is 13.8. The van der Waals surface area contributed by atoms with Gasteiger partial charge in [-0.25, -0.2) is 0 Å². The van der Waals surface area contributed by atoms with Gasteiger partial charge in [-0.2, -0.15) is 0 Å². The monoisotopic (exact) mass is 262 g/mol. The molecule has 1 unspecified atom stereocenters. The lowest BCUT2D eigenvalue weighted by Crippen LogP contribution is -2.30. The molecule has 2 rings (SSSR count). The molecule has 0 aliphatic heterocycles. The molecule has 1 aromatic carbocycles. The molecule has 1 N–H and O–H groups in total. The largest absolute Gasteiger partial charge is 0.508 e. The number of hydrogen-bond acceptors (Lipinski definition) is 3. The minimum atomic E-state index is 0.398. The maximum Gasteiger partial charge on any atom is 0.115 e. The highest BCUT2D eigenvalue weighted by Crippen LogP contribution is 2.35. The summed E-state index contributed by atoms with van der Waals surface area (Å²) in [5.74, 6) is 0.398. The fourth-order valence-electron chi connectivity index (χ4n) is 3.03. The van der Waals surface area contributed by atoms with Gasteiger partial charge < -0.3 is 10.0 Å². The van der Waals surface area contributed by atoms with Crippen molar-refractivity contribution < 1.29 is 5.11 Å². The number of fused-ring (bicyclic) bond motifs is 1. The fourth-order valence-corrected chi connectivity index (χ4v) is 3.03. The number of aryl methyl sites for hydroxylation is 1. The Morgan fingerprint density at radius 3 is 2.74 bits per heavy atom. The second kappa shape index (κ2) is 6.40. The van der Waals surface area contributed by atoms with Gasteiger partial charge in [0.2, 0.25) is 0 Å². The summed E-state index contributed by atoms with van der Waals surface area (Å²) in [6.45, 7) is 2.27. The summed E-state index contributed by atoms with van der Waals surface area (Å²) in [6, 6.07) is 6.39. The van der Waals surface area contributed by atoms with Crippen molar-refractivity contribution in [2.45, 2.75) is 31.7 Å². The van der Waals surface area contributed by atoms with E-state index in [1.807, 2.05) is 12.1 Å². The Balaban J connectivity index is 2.02. The molecule has 0 bridgehead atoms. The number of phenols is 1. The molecule has 0 saturated carbocycles. The van der Waals surface area contributed by atoms with Crippen LogP contribution >= 0.6 is 0 Å². The van der Waals surface area contributed by atoms with Crippen molar-refractivity contribution in [1.29, 1.82) is 0 Å². The van der Waals surface area contributed by atoms with Gasteiger partial charge in [-0.3, -0.25) is 4.90 Å². The van der Waals surface area contributed by atoms with Gasteiger partial charge >= 0.3 is 0 Å². The van der Waals surface area contributed by atoms with Crippen LogP contribution in [0.4, 0.5) is 0 Å². The molecule has 0 amide bonds. The lowest BCUT2D eigenvalue weighted by atomic mass is 9.86. The first-order valence-corrected chi connectivity index (χ1v) is 7.24. The van der Waals surface area contributed by atoms with Crippen LogP contribution in [0.25, 0.3) is 0 Å². The molecule has 19 heavy (non-hydrogen) atoms. The van der Waals surface area contributed by atoms with Crippen LogP contribution in [-0.4, -0.2) is 49.1 Å². The maximum absolute atomic E-state index is 9.60. The summed E-state index contributed by atoms with van der Waals surface area (Å²) < 4.78 is 0. The molecule has 1 aromatic rings. The number of aromatic hydroxyl groups is 1. The Morgan fingerprint density at radius 1 is 1.21 bits per heavy atom. The summed E-state index contributed by atoms with van der Waals surface area (Å²) in [6.07, 6.45) is 4.76. The van der Waals surface area contributed by atoms with Gasteiger partial charge in [0, 0.05) is 6.04 Å². The van der Waals surface area contributed by atoms with Crippen molar-refractivity contribution in [2.24, 2.45) is 0 Å². The van der Waals surface area contributed by atoms with E-state index in [0.717, 1.165) is 19.5 Å². The highest BCUT2D eigenvalue weighted by molar-refractivity contribution is 5.38. The maximum atomic E-state index is 9.60. The summed E-state index contributed by atoms with van der Waals surface area (Å²) in [4.78, 5) is 4.71. The Hall–Kier alpha value is -1.06. The number of phenolic OH excluding ortho intramolecular Hbond substituents is 1. The van der Waals surface area contributed by atoms with E-state index in [1.165, 1.54) is 30.4 Å². The van der Waals surface area contributed by atoms with Crippen LogP contribution < -0.4 is 0 Å². The Bertz CT molecular complexity index is 417. The summed E-state index contributed by atoms with van der Waals surface area (Å²) >= 11 is 0. The van der Waals surface area contributed by atoms with Crippen molar-refractivity contribution in [3.05, 3.63) is 29.3 Å². The van der Waals surface area contributed by atoms with E-state index >= 15 is 0 Å². The molecule has 1 aliphatic rings. The molecule has 3 heteroatoms. The molecule has 1 aliphatic carbocycles. The minimum Gasteiger partial charge on any atom is -0.508 e. The molecule has 0 aromatic heterocycles. The highest BCUT2D eigenvalue weighted by atomic mass is 16.3. The van der Waals surface area contributed by atoms with Gasteiger partial charge in [0.15, 0.2) is 0 Å². The van der Waals surface area contributed by atoms with Crippen molar-refractivity contribution >= 4 is 0 Å². The minimum absolute atomic E-state index is 0.398.